The van der Waals surface area contributed by atoms with Gasteiger partial charge in [0.2, 0.25) is 0 Å². The van der Waals surface area contributed by atoms with Crippen molar-refractivity contribution in [3.05, 3.63) is 170 Å². The van der Waals surface area contributed by atoms with Gasteiger partial charge in [0.25, 0.3) is 0 Å². The normalized spacial score (nSPS) is 10.9. The summed E-state index contributed by atoms with van der Waals surface area (Å²) >= 11 is 0. The molecular formula is C42H32B2O4. The smallest absolute Gasteiger partial charge is 0.423 e. The van der Waals surface area contributed by atoms with E-state index in [0.717, 1.165) is 66.8 Å². The van der Waals surface area contributed by atoms with Crippen LogP contribution in [0.2, 0.25) is 0 Å². The molecule has 0 unspecified atom stereocenters. The summed E-state index contributed by atoms with van der Waals surface area (Å²) in [4.78, 5) is 0. The first-order valence-corrected chi connectivity index (χ1v) is 15.9. The molecule has 7 aromatic rings. The van der Waals surface area contributed by atoms with E-state index in [0.29, 0.717) is 10.9 Å². The standard InChI is InChI=1S/C42H32B2O4/c45-43(46)35-25-21-33(22-26-35)41-39(31-17-9-3-10-18-31)37(29-13-5-1-6-14-29)38(30-15-7-2-8-16-30)40(32-19-11-4-12-20-32)42(41)34-23-27-36(28-24-34)44(47)48/h1-28,45-48H. The van der Waals surface area contributed by atoms with Gasteiger partial charge in [-0.2, -0.15) is 0 Å². The molecular weight excluding hydrogens is 590 g/mol. The molecule has 0 amide bonds. The molecule has 0 radical (unpaired) electrons. The Morgan fingerprint density at radius 2 is 0.417 bits per heavy atom. The molecule has 0 atom stereocenters. The second-order valence-electron chi connectivity index (χ2n) is 11.7. The molecule has 0 fully saturated rings. The van der Waals surface area contributed by atoms with Crippen LogP contribution in [0.4, 0.5) is 0 Å². The maximum absolute atomic E-state index is 9.98. The van der Waals surface area contributed by atoms with Gasteiger partial charge in [-0.1, -0.05) is 170 Å². The minimum atomic E-state index is -1.59. The van der Waals surface area contributed by atoms with E-state index in [2.05, 4.69) is 72.8 Å². The average Bonchev–Trinajstić information content (AvgIpc) is 3.15. The molecule has 0 aliphatic rings. The Morgan fingerprint density at radius 1 is 0.229 bits per heavy atom. The van der Waals surface area contributed by atoms with Gasteiger partial charge >= 0.3 is 14.2 Å². The maximum Gasteiger partial charge on any atom is 0.488 e. The highest BCUT2D eigenvalue weighted by atomic mass is 16.4. The second-order valence-corrected chi connectivity index (χ2v) is 11.7. The highest BCUT2D eigenvalue weighted by Crippen LogP contribution is 2.55. The second kappa shape index (κ2) is 13.7. The monoisotopic (exact) mass is 622 g/mol. The van der Waals surface area contributed by atoms with Crippen molar-refractivity contribution in [2.45, 2.75) is 0 Å². The molecule has 0 bridgehead atoms. The van der Waals surface area contributed by atoms with Crippen molar-refractivity contribution in [1.82, 2.24) is 0 Å². The molecule has 4 nitrogen and oxygen atoms in total. The van der Waals surface area contributed by atoms with Crippen LogP contribution < -0.4 is 10.9 Å². The molecule has 7 rings (SSSR count). The van der Waals surface area contributed by atoms with E-state index in [9.17, 15) is 20.1 Å². The summed E-state index contributed by atoms with van der Waals surface area (Å²) in [5.74, 6) is 0. The van der Waals surface area contributed by atoms with Crippen LogP contribution in [0.25, 0.3) is 66.8 Å². The third kappa shape index (κ3) is 6.02. The minimum Gasteiger partial charge on any atom is -0.423 e. The molecule has 48 heavy (non-hydrogen) atoms. The first kappa shape index (κ1) is 31.1. The van der Waals surface area contributed by atoms with Crippen molar-refractivity contribution in [3.63, 3.8) is 0 Å². The third-order valence-electron chi connectivity index (χ3n) is 8.74. The molecule has 7 aromatic carbocycles. The predicted molar refractivity (Wildman–Crippen MR) is 199 cm³/mol. The third-order valence-corrected chi connectivity index (χ3v) is 8.74. The fraction of sp³-hybridized carbons (Fsp3) is 0. The largest absolute Gasteiger partial charge is 0.488 e. The van der Waals surface area contributed by atoms with Crippen LogP contribution in [0.15, 0.2) is 170 Å². The van der Waals surface area contributed by atoms with Crippen LogP contribution in [0, 0.1) is 0 Å². The molecule has 0 spiro atoms. The van der Waals surface area contributed by atoms with Gasteiger partial charge in [-0.15, -0.1) is 0 Å². The van der Waals surface area contributed by atoms with E-state index in [1.165, 1.54) is 0 Å². The lowest BCUT2D eigenvalue weighted by Gasteiger charge is -2.29. The van der Waals surface area contributed by atoms with Crippen molar-refractivity contribution < 1.29 is 20.1 Å². The fourth-order valence-corrected chi connectivity index (χ4v) is 6.55. The minimum absolute atomic E-state index is 0.398. The van der Waals surface area contributed by atoms with Crippen LogP contribution in [0.5, 0.6) is 0 Å². The first-order valence-electron chi connectivity index (χ1n) is 15.9. The average molecular weight is 622 g/mol. The van der Waals surface area contributed by atoms with Crippen molar-refractivity contribution in [2.24, 2.45) is 0 Å². The Bertz CT molecular complexity index is 1980. The van der Waals surface area contributed by atoms with Crippen molar-refractivity contribution in [1.29, 1.82) is 0 Å². The van der Waals surface area contributed by atoms with Crippen LogP contribution in [0.1, 0.15) is 0 Å². The topological polar surface area (TPSA) is 80.9 Å². The zero-order chi connectivity index (χ0) is 33.0. The van der Waals surface area contributed by atoms with E-state index in [-0.39, 0.29) is 0 Å². The number of hydrogen-bond acceptors (Lipinski definition) is 4. The molecule has 4 N–H and O–H groups in total. The molecule has 0 saturated carbocycles. The number of benzene rings is 7. The summed E-state index contributed by atoms with van der Waals surface area (Å²) in [5.41, 5.74) is 12.9. The lowest BCUT2D eigenvalue weighted by Crippen LogP contribution is -2.29. The summed E-state index contributed by atoms with van der Waals surface area (Å²) in [6, 6.07) is 56.4. The lowest BCUT2D eigenvalue weighted by molar-refractivity contribution is 0.424. The van der Waals surface area contributed by atoms with Gasteiger partial charge in [-0.3, -0.25) is 0 Å². The Labute approximate surface area is 281 Å². The molecule has 0 heterocycles. The Balaban J connectivity index is 1.77. The highest BCUT2D eigenvalue weighted by Gasteiger charge is 2.29. The molecule has 0 aromatic heterocycles. The zero-order valence-corrected chi connectivity index (χ0v) is 26.1. The lowest BCUT2D eigenvalue weighted by atomic mass is 9.73. The van der Waals surface area contributed by atoms with Crippen molar-refractivity contribution in [2.75, 3.05) is 0 Å². The Kier molecular flexibility index (Phi) is 8.89. The van der Waals surface area contributed by atoms with E-state index in [4.69, 9.17) is 0 Å². The molecule has 6 heteroatoms. The highest BCUT2D eigenvalue weighted by molar-refractivity contribution is 6.59. The zero-order valence-electron chi connectivity index (χ0n) is 26.1. The first-order chi connectivity index (χ1) is 23.5. The van der Waals surface area contributed by atoms with Crippen LogP contribution in [-0.4, -0.2) is 34.3 Å². The summed E-state index contributed by atoms with van der Waals surface area (Å²) in [5, 5.41) is 39.9. The van der Waals surface area contributed by atoms with Gasteiger partial charge in [0.1, 0.15) is 0 Å². The van der Waals surface area contributed by atoms with E-state index < -0.39 is 14.2 Å². The van der Waals surface area contributed by atoms with Gasteiger partial charge in [0.15, 0.2) is 0 Å². The SMILES string of the molecule is OB(O)c1ccc(-c2c(-c3ccccc3)c(-c3ccccc3)c(-c3ccccc3)c(-c3ccccc3)c2-c2ccc(B(O)O)cc2)cc1. The predicted octanol–water partition coefficient (Wildman–Crippen LogP) is 7.05. The Hall–Kier alpha value is -5.49. The van der Waals surface area contributed by atoms with Gasteiger partial charge in [-0.25, -0.2) is 0 Å². The van der Waals surface area contributed by atoms with E-state index >= 15 is 0 Å². The molecule has 0 saturated heterocycles. The maximum atomic E-state index is 9.98. The van der Waals surface area contributed by atoms with E-state index in [1.807, 2.05) is 72.8 Å². The van der Waals surface area contributed by atoms with Gasteiger partial charge in [0, 0.05) is 0 Å². The molecule has 230 valence electrons. The number of hydrogen-bond donors (Lipinski definition) is 4. The van der Waals surface area contributed by atoms with Gasteiger partial charge in [0.05, 0.1) is 0 Å². The summed E-state index contributed by atoms with van der Waals surface area (Å²) in [6.07, 6.45) is 0. The number of rotatable bonds is 8. The van der Waals surface area contributed by atoms with Crippen molar-refractivity contribution in [3.8, 4) is 66.8 Å². The molecule has 0 aliphatic carbocycles. The van der Waals surface area contributed by atoms with E-state index in [1.54, 1.807) is 24.3 Å². The van der Waals surface area contributed by atoms with Crippen LogP contribution in [0.3, 0.4) is 0 Å². The summed E-state index contributed by atoms with van der Waals surface area (Å²) < 4.78 is 0. The Morgan fingerprint density at radius 3 is 0.604 bits per heavy atom. The van der Waals surface area contributed by atoms with Gasteiger partial charge in [-0.05, 0) is 77.7 Å². The van der Waals surface area contributed by atoms with Crippen LogP contribution in [-0.2, 0) is 0 Å². The summed E-state index contributed by atoms with van der Waals surface area (Å²) in [7, 11) is -3.19. The molecule has 0 aliphatic heterocycles. The summed E-state index contributed by atoms with van der Waals surface area (Å²) in [6.45, 7) is 0. The van der Waals surface area contributed by atoms with Crippen molar-refractivity contribution >= 4 is 25.2 Å². The fourth-order valence-electron chi connectivity index (χ4n) is 6.55. The quantitative estimate of drug-likeness (QED) is 0.137. The van der Waals surface area contributed by atoms with Gasteiger partial charge < -0.3 is 20.1 Å². The van der Waals surface area contributed by atoms with Crippen LogP contribution >= 0.6 is 0 Å².